The van der Waals surface area contributed by atoms with Crippen LogP contribution in [0.15, 0.2) is 66.9 Å². The van der Waals surface area contributed by atoms with Crippen molar-refractivity contribution < 1.29 is 28.7 Å². The summed E-state index contributed by atoms with van der Waals surface area (Å²) in [6, 6.07) is 15.6. The molecule has 2 aliphatic rings. The van der Waals surface area contributed by atoms with Gasteiger partial charge in [-0.05, 0) is 72.4 Å². The average Bonchev–Trinajstić information content (AvgIpc) is 3.46. The normalized spacial score (nSPS) is 17.5. The Labute approximate surface area is 295 Å². The van der Waals surface area contributed by atoms with Gasteiger partial charge in [0.05, 0.1) is 19.1 Å². The van der Waals surface area contributed by atoms with Gasteiger partial charge in [0, 0.05) is 24.5 Å². The summed E-state index contributed by atoms with van der Waals surface area (Å²) in [6.45, 7) is 1.83. The molecule has 14 heteroatoms. The zero-order chi connectivity index (χ0) is 35.7. The quantitative estimate of drug-likeness (QED) is 0.187. The van der Waals surface area contributed by atoms with Crippen LogP contribution in [0.2, 0.25) is 0 Å². The predicted octanol–water partition coefficient (Wildman–Crippen LogP) is 2.80. The summed E-state index contributed by atoms with van der Waals surface area (Å²) in [6.07, 6.45) is 6.33. The van der Waals surface area contributed by atoms with Crippen molar-refractivity contribution in [1.82, 2.24) is 40.7 Å². The number of likely N-dealkylation sites (tertiary alicyclic amines) is 1. The van der Waals surface area contributed by atoms with Crippen molar-refractivity contribution in [3.8, 4) is 0 Å². The van der Waals surface area contributed by atoms with Crippen LogP contribution >= 0.6 is 0 Å². The molecule has 2 aromatic heterocycles. The van der Waals surface area contributed by atoms with Crippen molar-refractivity contribution in [2.45, 2.75) is 83.0 Å². The van der Waals surface area contributed by atoms with E-state index in [0.717, 1.165) is 35.6 Å². The lowest BCUT2D eigenvalue weighted by molar-refractivity contribution is -0.148. The Morgan fingerprint density at radius 3 is 2.49 bits per heavy atom. The van der Waals surface area contributed by atoms with Gasteiger partial charge in [-0.3, -0.25) is 29.0 Å². The molecule has 0 bridgehead atoms. The number of Topliss-reactive ketones (excluding diaryl/α,β-unsaturated/α-hetero) is 1. The SMILES string of the molecule is CC(C(=O)NC(CC(=O)OCC1CCC1)C(=O)Cn1nnnc1Cc1ccccc1)N1CCCC[C@H](NC(=O)c2cc3ccccc3cn2)C1=O. The van der Waals surface area contributed by atoms with E-state index in [1.807, 2.05) is 54.6 Å². The first kappa shape index (κ1) is 35.3. The van der Waals surface area contributed by atoms with Crippen molar-refractivity contribution in [1.29, 1.82) is 0 Å². The number of ketones is 1. The van der Waals surface area contributed by atoms with Gasteiger partial charge in [-0.2, -0.15) is 0 Å². The van der Waals surface area contributed by atoms with Gasteiger partial charge in [0.25, 0.3) is 5.91 Å². The Morgan fingerprint density at radius 1 is 0.961 bits per heavy atom. The van der Waals surface area contributed by atoms with E-state index in [0.29, 0.717) is 37.4 Å². The fraction of sp³-hybridized carbons (Fsp3) is 0.432. The number of nitrogens with one attached hydrogen (secondary N) is 2. The van der Waals surface area contributed by atoms with Crippen LogP contribution in [-0.4, -0.2) is 90.8 Å². The van der Waals surface area contributed by atoms with E-state index < -0.39 is 47.6 Å². The Balaban J connectivity index is 1.13. The van der Waals surface area contributed by atoms with Gasteiger partial charge in [-0.15, -0.1) is 5.10 Å². The molecule has 6 rings (SSSR count). The largest absolute Gasteiger partial charge is 0.465 e. The minimum atomic E-state index is -1.25. The maximum atomic E-state index is 13.8. The second-order valence-electron chi connectivity index (χ2n) is 13.3. The maximum absolute atomic E-state index is 13.8. The molecule has 2 aromatic carbocycles. The molecule has 51 heavy (non-hydrogen) atoms. The molecular formula is C37H42N8O6. The third-order valence-electron chi connectivity index (χ3n) is 9.64. The number of tetrazole rings is 1. The number of fused-ring (bicyclic) bond motifs is 1. The van der Waals surface area contributed by atoms with Crippen molar-refractivity contribution in [2.24, 2.45) is 5.92 Å². The lowest BCUT2D eigenvalue weighted by Gasteiger charge is -2.31. The number of ether oxygens (including phenoxy) is 1. The number of hydrogen-bond acceptors (Lipinski definition) is 10. The fourth-order valence-electron chi connectivity index (χ4n) is 6.31. The molecule has 1 saturated carbocycles. The van der Waals surface area contributed by atoms with E-state index in [1.165, 1.54) is 9.58 Å². The van der Waals surface area contributed by atoms with Crippen LogP contribution in [0.4, 0.5) is 0 Å². The molecule has 3 heterocycles. The third-order valence-corrected chi connectivity index (χ3v) is 9.64. The highest BCUT2D eigenvalue weighted by molar-refractivity contribution is 6.00. The molecule has 3 atom stereocenters. The Bertz CT molecular complexity index is 1880. The van der Waals surface area contributed by atoms with Crippen LogP contribution in [-0.2, 0) is 36.9 Å². The van der Waals surface area contributed by atoms with Crippen LogP contribution in [0.3, 0.4) is 0 Å². The molecule has 2 fully saturated rings. The number of esters is 1. The number of nitrogens with zero attached hydrogens (tertiary/aromatic N) is 6. The molecule has 266 valence electrons. The van der Waals surface area contributed by atoms with E-state index >= 15 is 0 Å². The first-order valence-electron chi connectivity index (χ1n) is 17.5. The number of carbonyl (C=O) groups excluding carboxylic acids is 5. The van der Waals surface area contributed by atoms with Gasteiger partial charge in [-0.1, -0.05) is 61.0 Å². The smallest absolute Gasteiger partial charge is 0.308 e. The number of benzene rings is 2. The van der Waals surface area contributed by atoms with Gasteiger partial charge in [0.2, 0.25) is 11.8 Å². The highest BCUT2D eigenvalue weighted by Gasteiger charge is 2.36. The number of aromatic nitrogens is 5. The standard InChI is InChI=1S/C37H42N8O6/c1-24(44-17-8-7-16-29(37(44)50)39-36(49)31-19-27-14-5-6-15-28(27)21-38-31)35(48)40-30(20-34(47)51-23-26-12-9-13-26)32(46)22-45-33(41-42-43-45)18-25-10-3-2-4-11-25/h2-6,10-11,14-15,19,21,24,26,29-30H,7-9,12-13,16-18,20,22-23H2,1H3,(H,39,49)(H,40,48)/t24?,29-,30?/m0/s1. The fourth-order valence-corrected chi connectivity index (χ4v) is 6.31. The number of amides is 3. The zero-order valence-electron chi connectivity index (χ0n) is 28.6. The van der Waals surface area contributed by atoms with Gasteiger partial charge < -0.3 is 20.3 Å². The number of hydrogen-bond donors (Lipinski definition) is 2. The van der Waals surface area contributed by atoms with Crippen molar-refractivity contribution in [3.63, 3.8) is 0 Å². The molecular weight excluding hydrogens is 652 g/mol. The third kappa shape index (κ3) is 8.99. The van der Waals surface area contributed by atoms with Gasteiger partial charge in [0.15, 0.2) is 11.6 Å². The predicted molar refractivity (Wildman–Crippen MR) is 185 cm³/mol. The molecule has 1 saturated heterocycles. The minimum absolute atomic E-state index is 0.183. The summed E-state index contributed by atoms with van der Waals surface area (Å²) in [4.78, 5) is 73.1. The van der Waals surface area contributed by atoms with E-state index in [9.17, 15) is 24.0 Å². The maximum Gasteiger partial charge on any atom is 0.308 e. The van der Waals surface area contributed by atoms with E-state index in [1.54, 1.807) is 19.2 Å². The molecule has 14 nitrogen and oxygen atoms in total. The molecule has 2 unspecified atom stereocenters. The van der Waals surface area contributed by atoms with Gasteiger partial charge >= 0.3 is 5.97 Å². The number of rotatable bonds is 14. The van der Waals surface area contributed by atoms with Gasteiger partial charge in [-0.25, -0.2) is 4.68 Å². The van der Waals surface area contributed by atoms with Crippen molar-refractivity contribution >= 4 is 40.2 Å². The highest BCUT2D eigenvalue weighted by atomic mass is 16.5. The Hall–Kier alpha value is -5.53. The Kier molecular flexibility index (Phi) is 11.4. The molecule has 3 amide bonds. The molecule has 2 N–H and O–H groups in total. The van der Waals surface area contributed by atoms with Crippen LogP contribution < -0.4 is 10.6 Å². The van der Waals surface area contributed by atoms with Gasteiger partial charge in [0.1, 0.15) is 24.3 Å². The summed E-state index contributed by atoms with van der Waals surface area (Å²) >= 11 is 0. The lowest BCUT2D eigenvalue weighted by Crippen LogP contribution is -2.56. The molecule has 0 spiro atoms. The summed E-state index contributed by atoms with van der Waals surface area (Å²) in [5, 5.41) is 19.1. The van der Waals surface area contributed by atoms with E-state index in [4.69, 9.17) is 4.74 Å². The monoisotopic (exact) mass is 694 g/mol. The van der Waals surface area contributed by atoms with Crippen LogP contribution in [0, 0.1) is 5.92 Å². The summed E-state index contributed by atoms with van der Waals surface area (Å²) in [5.74, 6) is -1.86. The molecule has 1 aliphatic heterocycles. The Morgan fingerprint density at radius 2 is 1.73 bits per heavy atom. The summed E-state index contributed by atoms with van der Waals surface area (Å²) < 4.78 is 6.82. The van der Waals surface area contributed by atoms with Crippen LogP contribution in [0.5, 0.6) is 0 Å². The summed E-state index contributed by atoms with van der Waals surface area (Å²) in [7, 11) is 0. The minimum Gasteiger partial charge on any atom is -0.465 e. The zero-order valence-corrected chi connectivity index (χ0v) is 28.6. The topological polar surface area (TPSA) is 178 Å². The first-order valence-corrected chi connectivity index (χ1v) is 17.5. The molecule has 0 radical (unpaired) electrons. The lowest BCUT2D eigenvalue weighted by atomic mass is 9.86. The van der Waals surface area contributed by atoms with Crippen molar-refractivity contribution in [2.75, 3.05) is 13.2 Å². The second kappa shape index (κ2) is 16.5. The molecule has 1 aliphatic carbocycles. The second-order valence-corrected chi connectivity index (χ2v) is 13.3. The van der Waals surface area contributed by atoms with Crippen LogP contribution in [0.25, 0.3) is 10.8 Å². The average molecular weight is 695 g/mol. The number of carbonyl (C=O) groups is 5. The van der Waals surface area contributed by atoms with Crippen LogP contribution in [0.1, 0.15) is 73.7 Å². The number of pyridine rings is 1. The van der Waals surface area contributed by atoms with E-state index in [2.05, 4.69) is 31.1 Å². The van der Waals surface area contributed by atoms with E-state index in [-0.39, 0.29) is 31.8 Å². The first-order chi connectivity index (χ1) is 24.7. The summed E-state index contributed by atoms with van der Waals surface area (Å²) in [5.41, 5.74) is 1.13. The molecule has 4 aromatic rings. The highest BCUT2D eigenvalue weighted by Crippen LogP contribution is 2.26. The van der Waals surface area contributed by atoms with Crippen molar-refractivity contribution in [3.05, 3.63) is 83.9 Å².